The number of carbonyl (C=O) groups is 2. The van der Waals surface area contributed by atoms with E-state index in [9.17, 15) is 19.3 Å². The number of hydrogen-bond donors (Lipinski definition) is 3. The highest BCUT2D eigenvalue weighted by molar-refractivity contribution is 8.13. The highest BCUT2D eigenvalue weighted by atomic mass is 32.2. The average Bonchev–Trinajstić information content (AvgIpc) is 3.37. The first kappa shape index (κ1) is 28.7. The third-order valence-electron chi connectivity index (χ3n) is 6.01. The molecule has 17 heteroatoms. The third kappa shape index (κ3) is 5.96. The molecule has 2 fully saturated rings. The number of fused-ring (bicyclic) bond motifs is 2. The van der Waals surface area contributed by atoms with Gasteiger partial charge in [-0.2, -0.15) is 4.98 Å². The molecule has 2 aliphatic heterocycles. The maximum Gasteiger partial charge on any atom is 0.475 e. The van der Waals surface area contributed by atoms with Crippen LogP contribution in [0.3, 0.4) is 0 Å². The SMILES string of the molecule is CCOC(=O)NCC(C)(C)C(=O)SCCOP1(=O)OCC2OC(n3cnc4cnc(N)nc43)C(C)(O)C2O1. The fourth-order valence-corrected chi connectivity index (χ4v) is 6.39. The van der Waals surface area contributed by atoms with Gasteiger partial charge in [0.15, 0.2) is 17.0 Å². The second-order valence-electron chi connectivity index (χ2n) is 9.54. The van der Waals surface area contributed by atoms with Gasteiger partial charge in [-0.3, -0.25) is 22.9 Å². The molecule has 2 aromatic heterocycles. The first-order chi connectivity index (χ1) is 17.9. The molecular formula is C21H31N6O9PS. The molecule has 0 saturated carbocycles. The molecule has 4 rings (SSSR count). The number of carbonyl (C=O) groups excluding carboxylic acids is 2. The van der Waals surface area contributed by atoms with Crippen LogP contribution in [-0.4, -0.2) is 85.8 Å². The van der Waals surface area contributed by atoms with Crippen LogP contribution >= 0.6 is 19.6 Å². The molecule has 2 aromatic rings. The lowest BCUT2D eigenvalue weighted by molar-refractivity contribution is -0.117. The van der Waals surface area contributed by atoms with Gasteiger partial charge in [0.2, 0.25) is 5.95 Å². The van der Waals surface area contributed by atoms with Crippen molar-refractivity contribution in [1.29, 1.82) is 0 Å². The number of imidazole rings is 1. The van der Waals surface area contributed by atoms with Crippen LogP contribution < -0.4 is 11.1 Å². The lowest BCUT2D eigenvalue weighted by Crippen LogP contribution is -2.47. The quantitative estimate of drug-likeness (QED) is 0.288. The van der Waals surface area contributed by atoms with Crippen molar-refractivity contribution in [2.24, 2.45) is 5.41 Å². The van der Waals surface area contributed by atoms with Gasteiger partial charge >= 0.3 is 13.9 Å². The maximum atomic E-state index is 13.1. The van der Waals surface area contributed by atoms with Crippen LogP contribution in [0.5, 0.6) is 0 Å². The Labute approximate surface area is 222 Å². The van der Waals surface area contributed by atoms with E-state index in [0.29, 0.717) is 11.2 Å². The number of nitrogens with two attached hydrogens (primary N) is 1. The smallest absolute Gasteiger partial charge is 0.450 e. The Hall–Kier alpha value is -2.33. The number of aromatic nitrogens is 4. The Morgan fingerprint density at radius 3 is 2.92 bits per heavy atom. The van der Waals surface area contributed by atoms with Crippen molar-refractivity contribution in [2.75, 3.05) is 37.9 Å². The van der Waals surface area contributed by atoms with Crippen LogP contribution in [-0.2, 0) is 32.4 Å². The number of hydrogen-bond acceptors (Lipinski definition) is 14. The van der Waals surface area contributed by atoms with Gasteiger partial charge in [-0.25, -0.2) is 19.3 Å². The summed E-state index contributed by atoms with van der Waals surface area (Å²) in [6.07, 6.45) is -0.507. The van der Waals surface area contributed by atoms with Crippen LogP contribution in [0, 0.1) is 5.41 Å². The first-order valence-corrected chi connectivity index (χ1v) is 14.3. The molecule has 0 bridgehead atoms. The van der Waals surface area contributed by atoms with Crippen LogP contribution in [0.25, 0.3) is 11.2 Å². The molecule has 4 N–H and O–H groups in total. The van der Waals surface area contributed by atoms with Gasteiger partial charge < -0.3 is 25.6 Å². The number of nitrogen functional groups attached to an aromatic ring is 1. The molecule has 0 radical (unpaired) electrons. The summed E-state index contributed by atoms with van der Waals surface area (Å²) in [5.41, 5.74) is 3.97. The lowest BCUT2D eigenvalue weighted by Gasteiger charge is -2.35. The van der Waals surface area contributed by atoms with Gasteiger partial charge in [0.05, 0.1) is 37.8 Å². The van der Waals surface area contributed by atoms with Crippen molar-refractivity contribution in [3.63, 3.8) is 0 Å². The van der Waals surface area contributed by atoms with Crippen molar-refractivity contribution in [1.82, 2.24) is 24.8 Å². The Bertz CT molecular complexity index is 1240. The van der Waals surface area contributed by atoms with Crippen molar-refractivity contribution in [3.8, 4) is 0 Å². The number of rotatable bonds is 9. The zero-order chi connectivity index (χ0) is 27.7. The Morgan fingerprint density at radius 1 is 1.42 bits per heavy atom. The predicted molar refractivity (Wildman–Crippen MR) is 135 cm³/mol. The molecule has 0 spiro atoms. The van der Waals surface area contributed by atoms with E-state index < -0.39 is 43.4 Å². The van der Waals surface area contributed by atoms with Gasteiger partial charge in [-0.05, 0) is 13.8 Å². The van der Waals surface area contributed by atoms with Crippen molar-refractivity contribution in [2.45, 2.75) is 51.7 Å². The number of phosphoric acid groups is 1. The summed E-state index contributed by atoms with van der Waals surface area (Å²) < 4.78 is 41.8. The van der Waals surface area contributed by atoms with E-state index in [-0.39, 0.29) is 43.2 Å². The van der Waals surface area contributed by atoms with Crippen LogP contribution in [0.2, 0.25) is 0 Å². The Kier molecular flexibility index (Phi) is 8.33. The molecular weight excluding hydrogens is 543 g/mol. The van der Waals surface area contributed by atoms with Gasteiger partial charge in [0.25, 0.3) is 0 Å². The molecule has 5 unspecified atom stereocenters. The summed E-state index contributed by atoms with van der Waals surface area (Å²) in [5.74, 6) is 0.186. The highest BCUT2D eigenvalue weighted by Gasteiger charge is 2.60. The number of alkyl carbamates (subject to hydrolysis) is 1. The number of ether oxygens (including phenoxy) is 2. The second-order valence-corrected chi connectivity index (χ2v) is 12.2. The normalized spacial score (nSPS) is 29.2. The van der Waals surface area contributed by atoms with Gasteiger partial charge in [-0.1, -0.05) is 25.6 Å². The average molecular weight is 575 g/mol. The number of nitrogens with zero attached hydrogens (tertiary/aromatic N) is 4. The minimum absolute atomic E-state index is 0.0294. The Morgan fingerprint density at radius 2 is 2.18 bits per heavy atom. The minimum Gasteiger partial charge on any atom is -0.450 e. The summed E-state index contributed by atoms with van der Waals surface area (Å²) in [5, 5.41) is 13.7. The lowest BCUT2D eigenvalue weighted by atomic mass is 9.96. The zero-order valence-electron chi connectivity index (χ0n) is 21.4. The van der Waals surface area contributed by atoms with E-state index >= 15 is 0 Å². The van der Waals surface area contributed by atoms with Crippen molar-refractivity contribution >= 4 is 47.9 Å². The summed E-state index contributed by atoms with van der Waals surface area (Å²) >= 11 is 0.961. The standard InChI is InChI=1S/C21H31N6O9PS/c1-5-32-19(29)24-10-20(2,3)17(28)38-7-6-33-37(31)34-9-13-14(36-37)21(4,30)16(35-13)27-11-25-12-8-23-18(22)26-15(12)27/h8,11,13-14,16,30H,5-7,9-10H2,1-4H3,(H,24,29)(H2,22,23,26). The van der Waals surface area contributed by atoms with Crippen LogP contribution in [0.1, 0.15) is 33.9 Å². The molecule has 1 amide bonds. The Balaban J connectivity index is 1.32. The van der Waals surface area contributed by atoms with Gasteiger partial charge in [0.1, 0.15) is 23.3 Å². The molecule has 210 valence electrons. The topological polar surface area (TPSA) is 199 Å². The number of thioether (sulfide) groups is 1. The zero-order valence-corrected chi connectivity index (χ0v) is 23.1. The minimum atomic E-state index is -4.07. The number of amides is 1. The number of aliphatic hydroxyl groups is 1. The second kappa shape index (κ2) is 11.0. The number of phosphoric ester groups is 1. The van der Waals surface area contributed by atoms with E-state index in [1.165, 1.54) is 24.0 Å². The van der Waals surface area contributed by atoms with E-state index in [2.05, 4.69) is 20.3 Å². The molecule has 2 aliphatic rings. The first-order valence-electron chi connectivity index (χ1n) is 11.8. The summed E-state index contributed by atoms with van der Waals surface area (Å²) in [4.78, 5) is 36.3. The third-order valence-corrected chi connectivity index (χ3v) is 8.65. The van der Waals surface area contributed by atoms with Gasteiger partial charge in [-0.15, -0.1) is 0 Å². The fraction of sp³-hybridized carbons (Fsp3) is 0.667. The van der Waals surface area contributed by atoms with E-state index in [0.717, 1.165) is 11.8 Å². The highest BCUT2D eigenvalue weighted by Crippen LogP contribution is 2.58. The van der Waals surface area contributed by atoms with E-state index in [1.807, 2.05) is 0 Å². The number of nitrogens with one attached hydrogen (secondary N) is 1. The monoisotopic (exact) mass is 574 g/mol. The maximum absolute atomic E-state index is 13.1. The number of anilines is 1. The fourth-order valence-electron chi connectivity index (χ4n) is 3.98. The molecule has 4 heterocycles. The summed E-state index contributed by atoms with van der Waals surface area (Å²) in [7, 11) is -4.07. The predicted octanol–water partition coefficient (Wildman–Crippen LogP) is 1.63. The van der Waals surface area contributed by atoms with Crippen LogP contribution in [0.15, 0.2) is 12.5 Å². The molecule has 5 atom stereocenters. The van der Waals surface area contributed by atoms with Crippen LogP contribution in [0.4, 0.5) is 10.7 Å². The summed E-state index contributed by atoms with van der Waals surface area (Å²) in [6, 6.07) is 0. The molecule has 38 heavy (non-hydrogen) atoms. The largest absolute Gasteiger partial charge is 0.475 e. The van der Waals surface area contributed by atoms with E-state index in [4.69, 9.17) is 28.8 Å². The molecule has 0 aromatic carbocycles. The van der Waals surface area contributed by atoms with Crippen molar-refractivity contribution in [3.05, 3.63) is 12.5 Å². The van der Waals surface area contributed by atoms with Crippen molar-refractivity contribution < 1.29 is 42.3 Å². The van der Waals surface area contributed by atoms with Gasteiger partial charge in [0, 0.05) is 12.3 Å². The molecule has 0 aliphatic carbocycles. The molecule has 2 saturated heterocycles. The molecule has 15 nitrogen and oxygen atoms in total. The van der Waals surface area contributed by atoms with E-state index in [1.54, 1.807) is 20.8 Å². The summed E-state index contributed by atoms with van der Waals surface area (Å²) in [6.45, 7) is 6.58.